The molecule has 0 saturated carbocycles. The Balaban J connectivity index is 2.15. The molecule has 0 atom stereocenters. The van der Waals surface area contributed by atoms with Crippen molar-refractivity contribution in [2.75, 3.05) is 13.8 Å². The van der Waals surface area contributed by atoms with E-state index in [0.29, 0.717) is 6.67 Å². The van der Waals surface area contributed by atoms with Crippen LogP contribution in [0, 0.1) is 0 Å². The summed E-state index contributed by atoms with van der Waals surface area (Å²) in [7, 11) is 1.70. The van der Waals surface area contributed by atoms with Crippen LogP contribution in [0.1, 0.15) is 12.5 Å². The molecule has 2 aromatic carbocycles. The average Bonchev–Trinajstić information content (AvgIpc) is 2.56. The summed E-state index contributed by atoms with van der Waals surface area (Å²) in [6.45, 7) is 2.74. The van der Waals surface area contributed by atoms with Gasteiger partial charge in [-0.3, -0.25) is 4.84 Å². The maximum Gasteiger partial charge on any atom is 0.247 e. The van der Waals surface area contributed by atoms with Gasteiger partial charge in [0.2, 0.25) is 18.1 Å². The van der Waals surface area contributed by atoms with Gasteiger partial charge < -0.3 is 0 Å². The number of hydrogen-bond donors (Lipinski definition) is 0. The van der Waals surface area contributed by atoms with E-state index in [-0.39, 0.29) is 0 Å². The SMILES string of the molecule is CON1C[N+](c2ccccc2)=C(c2ccccc2)C=C1C. The Hall–Kier alpha value is -2.39. The van der Waals surface area contributed by atoms with Gasteiger partial charge in [-0.25, -0.2) is 0 Å². The first-order chi connectivity index (χ1) is 10.3. The summed E-state index contributed by atoms with van der Waals surface area (Å²) in [4.78, 5) is 5.45. The molecule has 1 aliphatic heterocycles. The van der Waals surface area contributed by atoms with E-state index in [0.717, 1.165) is 11.4 Å². The Labute approximate surface area is 125 Å². The molecule has 0 saturated heterocycles. The molecule has 1 aliphatic rings. The van der Waals surface area contributed by atoms with Crippen molar-refractivity contribution in [3.8, 4) is 0 Å². The number of benzene rings is 2. The zero-order valence-electron chi connectivity index (χ0n) is 12.4. The lowest BCUT2D eigenvalue weighted by molar-refractivity contribution is -0.491. The lowest BCUT2D eigenvalue weighted by Crippen LogP contribution is -2.35. The summed E-state index contributed by atoms with van der Waals surface area (Å²) in [5.41, 5.74) is 4.65. The standard InChI is InChI=1S/C18H19N2O/c1-15-13-18(16-9-5-3-6-10-16)19(14-20(15)21-2)17-11-7-4-8-12-17/h3-13H,14H2,1-2H3/q+1. The van der Waals surface area contributed by atoms with Crippen LogP contribution in [0.25, 0.3) is 0 Å². The van der Waals surface area contributed by atoms with Gasteiger partial charge in [0.25, 0.3) is 0 Å². The topological polar surface area (TPSA) is 15.5 Å². The van der Waals surface area contributed by atoms with Crippen molar-refractivity contribution in [3.05, 3.63) is 78.0 Å². The van der Waals surface area contributed by atoms with Crippen LogP contribution in [0.3, 0.4) is 0 Å². The van der Waals surface area contributed by atoms with E-state index in [9.17, 15) is 0 Å². The fraction of sp³-hybridized carbons (Fsp3) is 0.167. The summed E-state index contributed by atoms with van der Waals surface area (Å²) in [6, 6.07) is 20.8. The molecule has 0 radical (unpaired) electrons. The lowest BCUT2D eigenvalue weighted by Gasteiger charge is -2.24. The molecule has 0 amide bonds. The summed E-state index contributed by atoms with van der Waals surface area (Å²) in [5.74, 6) is 0. The van der Waals surface area contributed by atoms with E-state index in [1.165, 1.54) is 11.3 Å². The van der Waals surface area contributed by atoms with Crippen molar-refractivity contribution in [2.45, 2.75) is 6.92 Å². The van der Waals surface area contributed by atoms with Crippen molar-refractivity contribution in [1.29, 1.82) is 0 Å². The highest BCUT2D eigenvalue weighted by molar-refractivity contribution is 6.06. The zero-order chi connectivity index (χ0) is 14.7. The van der Waals surface area contributed by atoms with Gasteiger partial charge in [0.15, 0.2) is 0 Å². The summed E-state index contributed by atoms with van der Waals surface area (Å²) < 4.78 is 2.26. The second-order valence-corrected chi connectivity index (χ2v) is 5.00. The predicted octanol–water partition coefficient (Wildman–Crippen LogP) is 3.56. The quantitative estimate of drug-likeness (QED) is 0.798. The van der Waals surface area contributed by atoms with E-state index < -0.39 is 0 Å². The van der Waals surface area contributed by atoms with Crippen LogP contribution in [0.2, 0.25) is 0 Å². The lowest BCUT2D eigenvalue weighted by atomic mass is 10.1. The third-order valence-electron chi connectivity index (χ3n) is 3.66. The Kier molecular flexibility index (Phi) is 3.84. The Bertz CT molecular complexity index is 675. The van der Waals surface area contributed by atoms with Crippen LogP contribution in [0.4, 0.5) is 5.69 Å². The molecular formula is C18H19N2O+. The van der Waals surface area contributed by atoms with Crippen LogP contribution < -0.4 is 0 Å². The van der Waals surface area contributed by atoms with Crippen molar-refractivity contribution in [3.63, 3.8) is 0 Å². The smallest absolute Gasteiger partial charge is 0.247 e. The zero-order valence-corrected chi connectivity index (χ0v) is 12.4. The molecule has 21 heavy (non-hydrogen) atoms. The number of nitrogens with zero attached hydrogens (tertiary/aromatic N) is 2. The van der Waals surface area contributed by atoms with Gasteiger partial charge in [-0.1, -0.05) is 36.4 Å². The van der Waals surface area contributed by atoms with Gasteiger partial charge in [-0.15, -0.1) is 0 Å². The van der Waals surface area contributed by atoms with Crippen LogP contribution in [-0.4, -0.2) is 29.1 Å². The van der Waals surface area contributed by atoms with E-state index in [2.05, 4.69) is 66.1 Å². The first-order valence-corrected chi connectivity index (χ1v) is 7.04. The molecule has 0 aliphatic carbocycles. The molecule has 3 rings (SSSR count). The molecule has 1 heterocycles. The summed E-state index contributed by atoms with van der Waals surface area (Å²) >= 11 is 0. The van der Waals surface area contributed by atoms with Gasteiger partial charge in [-0.2, -0.15) is 9.64 Å². The molecule has 0 fully saturated rings. The minimum Gasteiger partial charge on any atom is -0.272 e. The molecule has 0 spiro atoms. The van der Waals surface area contributed by atoms with E-state index in [4.69, 9.17) is 4.84 Å². The Morgan fingerprint density at radius 3 is 2.19 bits per heavy atom. The van der Waals surface area contributed by atoms with Crippen LogP contribution in [0.5, 0.6) is 0 Å². The highest BCUT2D eigenvalue weighted by Crippen LogP contribution is 2.21. The second-order valence-electron chi connectivity index (χ2n) is 5.00. The highest BCUT2D eigenvalue weighted by atomic mass is 16.7. The second kappa shape index (κ2) is 5.94. The predicted molar refractivity (Wildman–Crippen MR) is 84.4 cm³/mol. The molecule has 3 heteroatoms. The molecule has 0 bridgehead atoms. The number of rotatable bonds is 3. The highest BCUT2D eigenvalue weighted by Gasteiger charge is 2.26. The molecule has 2 aromatic rings. The Morgan fingerprint density at radius 2 is 1.57 bits per heavy atom. The van der Waals surface area contributed by atoms with E-state index in [1.807, 2.05) is 17.2 Å². The first-order valence-electron chi connectivity index (χ1n) is 7.04. The van der Waals surface area contributed by atoms with Crippen LogP contribution in [-0.2, 0) is 4.84 Å². The minimum absolute atomic E-state index is 0.674. The van der Waals surface area contributed by atoms with Gasteiger partial charge in [0, 0.05) is 23.8 Å². The summed E-state index contributed by atoms with van der Waals surface area (Å²) in [6.07, 6.45) is 2.16. The van der Waals surface area contributed by atoms with Gasteiger partial charge >= 0.3 is 0 Å². The first kappa shape index (κ1) is 13.6. The third-order valence-corrected chi connectivity index (χ3v) is 3.66. The monoisotopic (exact) mass is 279 g/mol. The van der Waals surface area contributed by atoms with Crippen molar-refractivity contribution < 1.29 is 9.41 Å². The molecule has 0 aromatic heterocycles. The molecule has 0 N–H and O–H groups in total. The maximum atomic E-state index is 5.45. The fourth-order valence-corrected chi connectivity index (χ4v) is 2.54. The van der Waals surface area contributed by atoms with E-state index in [1.54, 1.807) is 7.11 Å². The largest absolute Gasteiger partial charge is 0.272 e. The van der Waals surface area contributed by atoms with Crippen molar-refractivity contribution in [2.24, 2.45) is 0 Å². The minimum atomic E-state index is 0.674. The summed E-state index contributed by atoms with van der Waals surface area (Å²) in [5, 5.41) is 1.89. The van der Waals surface area contributed by atoms with Gasteiger partial charge in [0.1, 0.15) is 0 Å². The van der Waals surface area contributed by atoms with Crippen molar-refractivity contribution in [1.82, 2.24) is 5.06 Å². The van der Waals surface area contributed by atoms with Gasteiger partial charge in [-0.05, 0) is 19.1 Å². The number of hydrogen-bond acceptors (Lipinski definition) is 2. The molecule has 106 valence electrons. The number of hydroxylamine groups is 2. The van der Waals surface area contributed by atoms with Gasteiger partial charge in [0.05, 0.1) is 12.8 Å². The van der Waals surface area contributed by atoms with E-state index >= 15 is 0 Å². The fourth-order valence-electron chi connectivity index (χ4n) is 2.54. The number of para-hydroxylation sites is 1. The number of allylic oxidation sites excluding steroid dienone is 2. The Morgan fingerprint density at radius 1 is 0.952 bits per heavy atom. The maximum absolute atomic E-state index is 5.45. The normalized spacial score (nSPS) is 15.1. The van der Waals surface area contributed by atoms with Crippen LogP contribution in [0.15, 0.2) is 72.4 Å². The van der Waals surface area contributed by atoms with Crippen molar-refractivity contribution >= 4 is 11.4 Å². The van der Waals surface area contributed by atoms with Crippen LogP contribution >= 0.6 is 0 Å². The molecule has 3 nitrogen and oxygen atoms in total. The molecular weight excluding hydrogens is 260 g/mol. The average molecular weight is 279 g/mol. The molecule has 0 unspecified atom stereocenters. The third kappa shape index (κ3) is 2.73.